The van der Waals surface area contributed by atoms with E-state index < -0.39 is 0 Å². The molecule has 0 fully saturated rings. The summed E-state index contributed by atoms with van der Waals surface area (Å²) in [6.07, 6.45) is 0.669. The van der Waals surface area contributed by atoms with Crippen molar-refractivity contribution in [3.05, 3.63) is 0 Å². The molecule has 0 rings (SSSR count). The standard InChI is InChI=1S/C4H4NOSe/c5-3-1-2-4(6)7/h1-2H2. The van der Waals surface area contributed by atoms with Gasteiger partial charge in [0.05, 0.1) is 0 Å². The van der Waals surface area contributed by atoms with Gasteiger partial charge in [0, 0.05) is 0 Å². The summed E-state index contributed by atoms with van der Waals surface area (Å²) in [7, 11) is 0. The third-order valence-corrected chi connectivity index (χ3v) is 0.869. The number of nitrogens with zero attached hydrogens (tertiary/aromatic N) is 1. The first-order chi connectivity index (χ1) is 3.27. The normalized spacial score (nSPS) is 7.29. The summed E-state index contributed by atoms with van der Waals surface area (Å²) in [4.78, 5) is 10.00. The zero-order valence-electron chi connectivity index (χ0n) is 3.68. The third-order valence-electron chi connectivity index (χ3n) is 0.441. The molecule has 3 heteroatoms. The van der Waals surface area contributed by atoms with Crippen molar-refractivity contribution in [2.24, 2.45) is 0 Å². The molecule has 0 spiro atoms. The van der Waals surface area contributed by atoms with Crippen LogP contribution in [0, 0.1) is 11.3 Å². The van der Waals surface area contributed by atoms with Gasteiger partial charge < -0.3 is 0 Å². The van der Waals surface area contributed by atoms with Gasteiger partial charge in [0.25, 0.3) is 0 Å². The molecule has 1 radical (unpaired) electrons. The van der Waals surface area contributed by atoms with E-state index in [1.54, 1.807) is 0 Å². The van der Waals surface area contributed by atoms with Crippen LogP contribution in [0.4, 0.5) is 0 Å². The van der Waals surface area contributed by atoms with Crippen molar-refractivity contribution in [1.82, 2.24) is 0 Å². The van der Waals surface area contributed by atoms with Crippen LogP contribution in [-0.4, -0.2) is 20.7 Å². The fourth-order valence-electron chi connectivity index (χ4n) is 0.158. The van der Waals surface area contributed by atoms with Crippen LogP contribution < -0.4 is 0 Å². The topological polar surface area (TPSA) is 40.9 Å². The first-order valence-corrected chi connectivity index (χ1v) is 2.70. The Labute approximate surface area is 50.3 Å². The van der Waals surface area contributed by atoms with Gasteiger partial charge in [0.2, 0.25) is 0 Å². The first kappa shape index (κ1) is 6.68. The van der Waals surface area contributed by atoms with E-state index in [0.717, 1.165) is 0 Å². The Morgan fingerprint density at radius 2 is 2.43 bits per heavy atom. The van der Waals surface area contributed by atoms with Crippen LogP contribution in [0.5, 0.6) is 0 Å². The van der Waals surface area contributed by atoms with E-state index >= 15 is 0 Å². The molecule has 0 N–H and O–H groups in total. The van der Waals surface area contributed by atoms with Crippen molar-refractivity contribution in [3.63, 3.8) is 0 Å². The average Bonchev–Trinajstić information content (AvgIpc) is 1.61. The molecule has 0 aromatic heterocycles. The Kier molecular flexibility index (Phi) is 3.68. The number of rotatable bonds is 2. The van der Waals surface area contributed by atoms with Crippen LogP contribution in [0.15, 0.2) is 0 Å². The molecule has 7 heavy (non-hydrogen) atoms. The van der Waals surface area contributed by atoms with Gasteiger partial charge in [-0.3, -0.25) is 0 Å². The minimum atomic E-state index is -0.0402. The van der Waals surface area contributed by atoms with E-state index in [-0.39, 0.29) is 4.68 Å². The molecule has 37 valence electrons. The van der Waals surface area contributed by atoms with Crippen LogP contribution >= 0.6 is 0 Å². The molecule has 0 atom stereocenters. The predicted molar refractivity (Wildman–Crippen MR) is 25.6 cm³/mol. The summed E-state index contributed by atoms with van der Waals surface area (Å²) in [5, 5.41) is 7.90. The molecule has 0 aliphatic heterocycles. The Bertz CT molecular complexity index is 105. The van der Waals surface area contributed by atoms with Crippen molar-refractivity contribution in [2.45, 2.75) is 12.8 Å². The van der Waals surface area contributed by atoms with Gasteiger partial charge >= 0.3 is 49.7 Å². The fraction of sp³-hybridized carbons (Fsp3) is 0.500. The summed E-state index contributed by atoms with van der Waals surface area (Å²) >= 11 is 2.28. The van der Waals surface area contributed by atoms with Gasteiger partial charge in [-0.15, -0.1) is 0 Å². The summed E-state index contributed by atoms with van der Waals surface area (Å²) in [6.45, 7) is 0. The number of hydrogen-bond acceptors (Lipinski definition) is 2. The van der Waals surface area contributed by atoms with E-state index in [1.807, 2.05) is 6.07 Å². The molecule has 0 aromatic carbocycles. The summed E-state index contributed by atoms with van der Waals surface area (Å²) in [5.74, 6) is 0. The van der Waals surface area contributed by atoms with Crippen molar-refractivity contribution in [2.75, 3.05) is 0 Å². The van der Waals surface area contributed by atoms with E-state index in [1.165, 1.54) is 0 Å². The van der Waals surface area contributed by atoms with Gasteiger partial charge in [-0.1, -0.05) is 0 Å². The van der Waals surface area contributed by atoms with Gasteiger partial charge in [-0.25, -0.2) is 0 Å². The maximum absolute atomic E-state index is 10.00. The summed E-state index contributed by atoms with van der Waals surface area (Å²) in [5.41, 5.74) is 0. The monoisotopic (exact) mass is 162 g/mol. The Morgan fingerprint density at radius 3 is 2.57 bits per heavy atom. The van der Waals surface area contributed by atoms with E-state index in [2.05, 4.69) is 16.0 Å². The molecular formula is C4H4NOSe. The van der Waals surface area contributed by atoms with E-state index in [0.29, 0.717) is 12.8 Å². The van der Waals surface area contributed by atoms with Crippen LogP contribution in [0.25, 0.3) is 0 Å². The molecule has 0 heterocycles. The average molecular weight is 161 g/mol. The first-order valence-electron chi connectivity index (χ1n) is 1.84. The molecule has 0 aromatic rings. The summed E-state index contributed by atoms with van der Waals surface area (Å²) in [6, 6.07) is 1.86. The fourth-order valence-corrected chi connectivity index (χ4v) is 0.372. The van der Waals surface area contributed by atoms with Crippen LogP contribution in [0.1, 0.15) is 12.8 Å². The van der Waals surface area contributed by atoms with Crippen molar-refractivity contribution in [1.29, 1.82) is 5.26 Å². The SMILES string of the molecule is N#CCCC(=O)[Se]. The molecule has 2 nitrogen and oxygen atoms in total. The number of hydrogen-bond donors (Lipinski definition) is 0. The number of carbonyl (C=O) groups excluding carboxylic acids is 1. The van der Waals surface area contributed by atoms with Gasteiger partial charge in [0.15, 0.2) is 0 Å². The second-order valence-corrected chi connectivity index (χ2v) is 1.99. The number of carbonyl (C=O) groups is 1. The number of nitriles is 1. The Hall–Kier alpha value is -0.321. The van der Waals surface area contributed by atoms with Gasteiger partial charge in [0.1, 0.15) is 0 Å². The molecule has 0 bridgehead atoms. The Morgan fingerprint density at radius 1 is 1.86 bits per heavy atom. The molecule has 0 amide bonds. The second-order valence-electron chi connectivity index (χ2n) is 1.03. The van der Waals surface area contributed by atoms with Crippen molar-refractivity contribution >= 4 is 20.7 Å². The molecule has 0 aliphatic carbocycles. The predicted octanol–water partition coefficient (Wildman–Crippen LogP) is -0.0147. The molecule has 0 saturated carbocycles. The van der Waals surface area contributed by atoms with Crippen molar-refractivity contribution in [3.8, 4) is 6.07 Å². The maximum atomic E-state index is 10.00. The van der Waals surface area contributed by atoms with Gasteiger partial charge in [-0.2, -0.15) is 0 Å². The van der Waals surface area contributed by atoms with E-state index in [9.17, 15) is 4.79 Å². The zero-order valence-corrected chi connectivity index (χ0v) is 5.39. The van der Waals surface area contributed by atoms with Crippen LogP contribution in [0.2, 0.25) is 0 Å². The Balaban J connectivity index is 3.02. The van der Waals surface area contributed by atoms with Crippen LogP contribution in [-0.2, 0) is 4.79 Å². The van der Waals surface area contributed by atoms with Gasteiger partial charge in [-0.05, 0) is 0 Å². The minimum absolute atomic E-state index is 0.0402. The third kappa shape index (κ3) is 5.68. The summed E-state index contributed by atoms with van der Waals surface area (Å²) < 4.78 is -0.0402. The quantitative estimate of drug-likeness (QED) is 0.534. The van der Waals surface area contributed by atoms with Crippen molar-refractivity contribution < 1.29 is 4.79 Å². The van der Waals surface area contributed by atoms with Crippen LogP contribution in [0.3, 0.4) is 0 Å². The zero-order chi connectivity index (χ0) is 5.70. The molecular weight excluding hydrogens is 157 g/mol. The second kappa shape index (κ2) is 3.86. The molecule has 0 unspecified atom stereocenters. The van der Waals surface area contributed by atoms with E-state index in [4.69, 9.17) is 5.26 Å². The molecule has 0 aliphatic rings. The molecule has 0 saturated heterocycles.